The predicted octanol–water partition coefficient (Wildman–Crippen LogP) is 16.3. The van der Waals surface area contributed by atoms with Crippen LogP contribution < -0.4 is 4.74 Å². The molecule has 11 rings (SSSR count). The first kappa shape index (κ1) is 35.6. The van der Waals surface area contributed by atoms with Gasteiger partial charge in [0.05, 0.1) is 0 Å². The van der Waals surface area contributed by atoms with Crippen molar-refractivity contribution in [2.24, 2.45) is 0 Å². The van der Waals surface area contributed by atoms with E-state index in [0.29, 0.717) is 0 Å². The van der Waals surface area contributed by atoms with Crippen LogP contribution in [0.1, 0.15) is 0 Å². The lowest BCUT2D eigenvalue weighted by atomic mass is 9.81. The highest BCUT2D eigenvalue weighted by Crippen LogP contribution is 2.50. The van der Waals surface area contributed by atoms with Crippen molar-refractivity contribution in [2.45, 2.75) is 6.36 Å². The zero-order valence-electron chi connectivity index (χ0n) is 31.9. The van der Waals surface area contributed by atoms with Gasteiger partial charge in [0.25, 0.3) is 0 Å². The molecule has 0 bridgehead atoms. The predicted molar refractivity (Wildman–Crippen MR) is 240 cm³/mol. The first-order chi connectivity index (χ1) is 29.3. The molecule has 286 valence electrons. The van der Waals surface area contributed by atoms with Crippen LogP contribution in [0.25, 0.3) is 109 Å². The Morgan fingerprint density at radius 2 is 0.700 bits per heavy atom. The summed E-state index contributed by atoms with van der Waals surface area (Å²) in [5, 5.41) is 13.1. The number of halogens is 4. The van der Waals surface area contributed by atoms with Crippen molar-refractivity contribution >= 4 is 64.6 Å². The second-order valence-corrected chi connectivity index (χ2v) is 15.2. The van der Waals surface area contributed by atoms with Gasteiger partial charge >= 0.3 is 6.36 Å². The number of hydrogen-bond acceptors (Lipinski definition) is 1. The molecular formula is C55H32F4O. The summed E-state index contributed by atoms with van der Waals surface area (Å²) in [5.41, 5.74) is 7.70. The zero-order valence-corrected chi connectivity index (χ0v) is 31.9. The van der Waals surface area contributed by atoms with Gasteiger partial charge in [0.15, 0.2) is 0 Å². The molecule has 0 N–H and O–H groups in total. The highest BCUT2D eigenvalue weighted by atomic mass is 19.4. The molecule has 0 unspecified atom stereocenters. The summed E-state index contributed by atoms with van der Waals surface area (Å²) in [6.07, 6.45) is -4.79. The lowest BCUT2D eigenvalue weighted by Gasteiger charge is -2.22. The quantitative estimate of drug-likeness (QED) is 0.0959. The SMILES string of the molecule is Fc1ccc(-c2ccc3c(-c4cc5ccccc5c5ccccc45)c4cc(-c5ccc(OC(F)(F)F)cc5)ccc4c(-c4cc5ccccc5c5ccccc45)c3c2)cc1. The average Bonchev–Trinajstić information content (AvgIpc) is 3.27. The summed E-state index contributed by atoms with van der Waals surface area (Å²) in [7, 11) is 0. The third-order valence-corrected chi connectivity index (χ3v) is 11.8. The van der Waals surface area contributed by atoms with Crippen molar-refractivity contribution in [2.75, 3.05) is 0 Å². The number of alkyl halides is 3. The molecule has 1 nitrogen and oxygen atoms in total. The van der Waals surface area contributed by atoms with Gasteiger partial charge in [-0.05, 0) is 158 Å². The van der Waals surface area contributed by atoms with E-state index in [-0.39, 0.29) is 11.6 Å². The summed E-state index contributed by atoms with van der Waals surface area (Å²) < 4.78 is 57.9. The lowest BCUT2D eigenvalue weighted by Crippen LogP contribution is -2.16. The van der Waals surface area contributed by atoms with Crippen molar-refractivity contribution in [3.8, 4) is 50.3 Å². The highest BCUT2D eigenvalue weighted by molar-refractivity contribution is 6.29. The Labute approximate surface area is 342 Å². The van der Waals surface area contributed by atoms with E-state index in [1.165, 1.54) is 24.3 Å². The summed E-state index contributed by atoms with van der Waals surface area (Å²) in [6, 6.07) is 64.0. The van der Waals surface area contributed by atoms with Gasteiger partial charge in [0.2, 0.25) is 0 Å². The van der Waals surface area contributed by atoms with Gasteiger partial charge in [-0.25, -0.2) is 4.39 Å². The molecule has 11 aromatic rings. The molecule has 0 aliphatic heterocycles. The number of rotatable bonds is 5. The maximum absolute atomic E-state index is 14.3. The summed E-state index contributed by atoms with van der Waals surface area (Å²) in [6.45, 7) is 0. The van der Waals surface area contributed by atoms with Crippen molar-refractivity contribution in [3.05, 3.63) is 200 Å². The van der Waals surface area contributed by atoms with Crippen molar-refractivity contribution in [3.63, 3.8) is 0 Å². The normalized spacial score (nSPS) is 12.0. The molecule has 11 aromatic carbocycles. The fourth-order valence-electron chi connectivity index (χ4n) is 9.18. The second kappa shape index (κ2) is 13.8. The standard InChI is InChI=1S/C55H32F4O/c56-39-23-17-33(18-24-39)35-21-27-47-51(29-35)53(49-31-37-9-1-3-11-41(37)43-13-5-7-15-45(43)49)48-28-22-36(34-19-25-40(26-20-34)60-55(57,58)59)30-52(48)54(47)50-32-38-10-2-4-12-42(38)44-14-6-8-16-46(44)50/h1-32H. The van der Waals surface area contributed by atoms with Gasteiger partial charge in [-0.15, -0.1) is 13.2 Å². The Balaban J connectivity index is 1.31. The topological polar surface area (TPSA) is 9.23 Å². The van der Waals surface area contributed by atoms with Crippen LogP contribution in [0.3, 0.4) is 0 Å². The van der Waals surface area contributed by atoms with E-state index < -0.39 is 6.36 Å². The molecule has 0 aliphatic carbocycles. The summed E-state index contributed by atoms with van der Waals surface area (Å²) in [5.74, 6) is -0.568. The lowest BCUT2D eigenvalue weighted by molar-refractivity contribution is -0.274. The molecule has 0 heterocycles. The molecule has 0 saturated carbocycles. The van der Waals surface area contributed by atoms with Crippen LogP contribution in [0.5, 0.6) is 5.75 Å². The largest absolute Gasteiger partial charge is 0.573 e. The Morgan fingerprint density at radius 3 is 1.15 bits per heavy atom. The first-order valence-electron chi connectivity index (χ1n) is 19.7. The van der Waals surface area contributed by atoms with E-state index in [0.717, 1.165) is 109 Å². The van der Waals surface area contributed by atoms with Crippen molar-refractivity contribution in [1.82, 2.24) is 0 Å². The molecule has 0 amide bonds. The van der Waals surface area contributed by atoms with E-state index >= 15 is 0 Å². The van der Waals surface area contributed by atoms with Gasteiger partial charge in [-0.1, -0.05) is 146 Å². The van der Waals surface area contributed by atoms with Crippen LogP contribution in [0.15, 0.2) is 194 Å². The Hall–Kier alpha value is -7.50. The molecule has 0 saturated heterocycles. The smallest absolute Gasteiger partial charge is 0.406 e. The fourth-order valence-corrected chi connectivity index (χ4v) is 9.18. The number of hydrogen-bond donors (Lipinski definition) is 0. The van der Waals surface area contributed by atoms with Gasteiger partial charge in [0.1, 0.15) is 11.6 Å². The van der Waals surface area contributed by atoms with Crippen LogP contribution in [0, 0.1) is 5.82 Å². The van der Waals surface area contributed by atoms with E-state index in [1.807, 2.05) is 18.2 Å². The number of benzene rings is 11. The van der Waals surface area contributed by atoms with E-state index in [4.69, 9.17) is 0 Å². The number of ether oxygens (including phenoxy) is 1. The van der Waals surface area contributed by atoms with Crippen molar-refractivity contribution < 1.29 is 22.3 Å². The molecule has 0 radical (unpaired) electrons. The molecule has 0 fully saturated rings. The minimum absolute atomic E-state index is 0.274. The highest BCUT2D eigenvalue weighted by Gasteiger charge is 2.31. The van der Waals surface area contributed by atoms with Gasteiger partial charge in [0, 0.05) is 0 Å². The maximum atomic E-state index is 14.3. The molecular weight excluding hydrogens is 753 g/mol. The van der Waals surface area contributed by atoms with Gasteiger partial charge < -0.3 is 4.74 Å². The third-order valence-electron chi connectivity index (χ3n) is 11.8. The van der Waals surface area contributed by atoms with Crippen LogP contribution in [0.2, 0.25) is 0 Å². The fraction of sp³-hybridized carbons (Fsp3) is 0.0182. The molecule has 0 spiro atoms. The Bertz CT molecular complexity index is 3500. The first-order valence-corrected chi connectivity index (χ1v) is 19.7. The van der Waals surface area contributed by atoms with E-state index in [2.05, 4.69) is 144 Å². The zero-order chi connectivity index (χ0) is 40.5. The van der Waals surface area contributed by atoms with Gasteiger partial charge in [-0.3, -0.25) is 0 Å². The van der Waals surface area contributed by atoms with Crippen LogP contribution in [0.4, 0.5) is 17.6 Å². The Kier molecular flexibility index (Phi) is 8.21. The third kappa shape index (κ3) is 6.01. The molecule has 0 aliphatic rings. The van der Waals surface area contributed by atoms with Crippen LogP contribution in [-0.2, 0) is 0 Å². The molecule has 0 atom stereocenters. The van der Waals surface area contributed by atoms with Gasteiger partial charge in [-0.2, -0.15) is 0 Å². The van der Waals surface area contributed by atoms with E-state index in [1.54, 1.807) is 12.1 Å². The summed E-state index contributed by atoms with van der Waals surface area (Å²) in [4.78, 5) is 0. The minimum Gasteiger partial charge on any atom is -0.406 e. The maximum Gasteiger partial charge on any atom is 0.573 e. The second-order valence-electron chi connectivity index (χ2n) is 15.2. The van der Waals surface area contributed by atoms with Crippen molar-refractivity contribution in [1.29, 1.82) is 0 Å². The molecule has 5 heteroatoms. The average molecular weight is 785 g/mol. The molecule has 0 aromatic heterocycles. The van der Waals surface area contributed by atoms with Crippen LogP contribution in [-0.4, -0.2) is 6.36 Å². The van der Waals surface area contributed by atoms with Crippen LogP contribution >= 0.6 is 0 Å². The minimum atomic E-state index is -4.79. The summed E-state index contributed by atoms with van der Waals surface area (Å²) >= 11 is 0. The van der Waals surface area contributed by atoms with E-state index in [9.17, 15) is 17.6 Å². The monoisotopic (exact) mass is 784 g/mol. The number of fused-ring (bicyclic) bond motifs is 8. The Morgan fingerprint density at radius 1 is 0.317 bits per heavy atom. The molecule has 60 heavy (non-hydrogen) atoms.